The van der Waals surface area contributed by atoms with Gasteiger partial charge in [0.1, 0.15) is 6.04 Å². The van der Waals surface area contributed by atoms with Crippen molar-refractivity contribution < 1.29 is 4.79 Å². The van der Waals surface area contributed by atoms with E-state index in [1.54, 1.807) is 0 Å². The Hall–Kier alpha value is -1.82. The number of aromatic nitrogens is 1. The van der Waals surface area contributed by atoms with E-state index in [1.807, 2.05) is 32.0 Å². The summed E-state index contributed by atoms with van der Waals surface area (Å²) in [6.07, 6.45) is 0.929. The van der Waals surface area contributed by atoms with Gasteiger partial charge < -0.3 is 16.4 Å². The molecule has 0 aliphatic rings. The molecule has 6 heteroatoms. The van der Waals surface area contributed by atoms with Gasteiger partial charge in [0.25, 0.3) is 0 Å². The highest BCUT2D eigenvalue weighted by Gasteiger charge is 2.13. The molecule has 0 fully saturated rings. The minimum Gasteiger partial charge on any atom is -0.399 e. The Kier molecular flexibility index (Phi) is 4.21. The van der Waals surface area contributed by atoms with Crippen LogP contribution in [0.25, 0.3) is 10.2 Å². The van der Waals surface area contributed by atoms with Gasteiger partial charge in [0, 0.05) is 12.2 Å². The summed E-state index contributed by atoms with van der Waals surface area (Å²) in [6.45, 7) is 4.54. The molecule has 0 radical (unpaired) electrons. The van der Waals surface area contributed by atoms with E-state index in [4.69, 9.17) is 5.73 Å². The highest BCUT2D eigenvalue weighted by molar-refractivity contribution is 7.22. The Labute approximate surface area is 116 Å². The van der Waals surface area contributed by atoms with Crippen LogP contribution in [0.3, 0.4) is 0 Å². The third-order valence-electron chi connectivity index (χ3n) is 2.69. The number of carbonyl (C=O) groups is 1. The number of benzene rings is 1. The molecule has 1 unspecified atom stereocenters. The molecule has 5 nitrogen and oxygen atoms in total. The standard InChI is InChI=1S/C13H18N4OS/c1-3-6-15-12(18)8(2)16-13-17-10-5-4-9(14)7-11(10)19-13/h4-5,7-8H,3,6,14H2,1-2H3,(H,15,18)(H,16,17). The maximum atomic E-state index is 11.8. The number of anilines is 2. The highest BCUT2D eigenvalue weighted by Crippen LogP contribution is 2.27. The quantitative estimate of drug-likeness (QED) is 0.733. The first-order valence-corrected chi connectivity index (χ1v) is 7.12. The lowest BCUT2D eigenvalue weighted by atomic mass is 10.3. The summed E-state index contributed by atoms with van der Waals surface area (Å²) < 4.78 is 1.02. The average Bonchev–Trinajstić information content (AvgIpc) is 2.77. The predicted molar refractivity (Wildman–Crippen MR) is 80.4 cm³/mol. The summed E-state index contributed by atoms with van der Waals surface area (Å²) in [6, 6.07) is 5.29. The molecule has 19 heavy (non-hydrogen) atoms. The van der Waals surface area contributed by atoms with Crippen LogP contribution >= 0.6 is 11.3 Å². The zero-order chi connectivity index (χ0) is 13.8. The van der Waals surface area contributed by atoms with Crippen LogP contribution in [0.1, 0.15) is 20.3 Å². The van der Waals surface area contributed by atoms with Gasteiger partial charge in [-0.1, -0.05) is 18.3 Å². The Bertz CT molecular complexity index is 581. The molecule has 1 amide bonds. The molecule has 4 N–H and O–H groups in total. The summed E-state index contributed by atoms with van der Waals surface area (Å²) in [4.78, 5) is 16.2. The van der Waals surface area contributed by atoms with Crippen LogP contribution in [-0.4, -0.2) is 23.5 Å². The smallest absolute Gasteiger partial charge is 0.242 e. The second kappa shape index (κ2) is 5.88. The molecule has 1 aromatic carbocycles. The van der Waals surface area contributed by atoms with Gasteiger partial charge in [-0.15, -0.1) is 0 Å². The van der Waals surface area contributed by atoms with Crippen molar-refractivity contribution in [3.8, 4) is 0 Å². The number of nitrogens with two attached hydrogens (primary N) is 1. The first-order chi connectivity index (χ1) is 9.10. The number of rotatable bonds is 5. The van der Waals surface area contributed by atoms with Crippen LogP contribution in [0.15, 0.2) is 18.2 Å². The molecule has 0 saturated heterocycles. The van der Waals surface area contributed by atoms with Crippen molar-refractivity contribution in [3.63, 3.8) is 0 Å². The zero-order valence-electron chi connectivity index (χ0n) is 11.1. The van der Waals surface area contributed by atoms with E-state index in [1.165, 1.54) is 11.3 Å². The van der Waals surface area contributed by atoms with E-state index >= 15 is 0 Å². The number of thiazole rings is 1. The predicted octanol–water partition coefficient (Wildman–Crippen LogP) is 2.21. The third-order valence-corrected chi connectivity index (χ3v) is 3.64. The second-order valence-corrected chi connectivity index (χ2v) is 5.43. The van der Waals surface area contributed by atoms with Crippen molar-refractivity contribution in [1.82, 2.24) is 10.3 Å². The maximum Gasteiger partial charge on any atom is 0.242 e. The number of hydrogen-bond donors (Lipinski definition) is 3. The van der Waals surface area contributed by atoms with Gasteiger partial charge in [0.05, 0.1) is 10.2 Å². The first kappa shape index (κ1) is 13.6. The van der Waals surface area contributed by atoms with E-state index in [9.17, 15) is 4.79 Å². The fraction of sp³-hybridized carbons (Fsp3) is 0.385. The van der Waals surface area contributed by atoms with Crippen molar-refractivity contribution in [3.05, 3.63) is 18.2 Å². The van der Waals surface area contributed by atoms with Crippen LogP contribution in [0.2, 0.25) is 0 Å². The Balaban J connectivity index is 2.06. The normalized spacial score (nSPS) is 12.3. The first-order valence-electron chi connectivity index (χ1n) is 6.30. The largest absolute Gasteiger partial charge is 0.399 e. The van der Waals surface area contributed by atoms with Gasteiger partial charge in [-0.2, -0.15) is 0 Å². The van der Waals surface area contributed by atoms with Gasteiger partial charge in [-0.05, 0) is 31.5 Å². The molecular formula is C13H18N4OS. The minimum atomic E-state index is -0.301. The number of amides is 1. The number of fused-ring (bicyclic) bond motifs is 1. The van der Waals surface area contributed by atoms with Gasteiger partial charge in [0.2, 0.25) is 5.91 Å². The Morgan fingerprint density at radius 3 is 3.05 bits per heavy atom. The van der Waals surface area contributed by atoms with Crippen molar-refractivity contribution in [2.24, 2.45) is 0 Å². The Morgan fingerprint density at radius 1 is 1.53 bits per heavy atom. The Morgan fingerprint density at radius 2 is 2.32 bits per heavy atom. The van der Waals surface area contributed by atoms with Crippen LogP contribution < -0.4 is 16.4 Å². The zero-order valence-corrected chi connectivity index (χ0v) is 11.9. The van der Waals surface area contributed by atoms with Gasteiger partial charge in [0.15, 0.2) is 5.13 Å². The van der Waals surface area contributed by atoms with E-state index in [0.29, 0.717) is 6.54 Å². The fourth-order valence-electron chi connectivity index (χ4n) is 1.65. The molecule has 1 aromatic heterocycles. The number of hydrogen-bond acceptors (Lipinski definition) is 5. The molecule has 0 bridgehead atoms. The van der Waals surface area contributed by atoms with E-state index < -0.39 is 0 Å². The summed E-state index contributed by atoms with van der Waals surface area (Å²) >= 11 is 1.50. The minimum absolute atomic E-state index is 0.0133. The molecule has 1 heterocycles. The summed E-state index contributed by atoms with van der Waals surface area (Å²) in [5.74, 6) is -0.0133. The lowest BCUT2D eigenvalue weighted by molar-refractivity contribution is -0.121. The number of nitrogen functional groups attached to an aromatic ring is 1. The number of carbonyl (C=O) groups excluding carboxylic acids is 1. The van der Waals surface area contributed by atoms with Crippen molar-refractivity contribution in [2.75, 3.05) is 17.6 Å². The van der Waals surface area contributed by atoms with Crippen LogP contribution in [0.5, 0.6) is 0 Å². The maximum absolute atomic E-state index is 11.8. The van der Waals surface area contributed by atoms with Gasteiger partial charge in [-0.3, -0.25) is 4.79 Å². The SMILES string of the molecule is CCCNC(=O)C(C)Nc1nc2ccc(N)cc2s1. The molecule has 102 valence electrons. The molecule has 0 spiro atoms. The highest BCUT2D eigenvalue weighted by atomic mass is 32.1. The fourth-order valence-corrected chi connectivity index (χ4v) is 2.66. The van der Waals surface area contributed by atoms with Crippen LogP contribution in [-0.2, 0) is 4.79 Å². The van der Waals surface area contributed by atoms with Crippen molar-refractivity contribution in [1.29, 1.82) is 0 Å². The molecular weight excluding hydrogens is 260 g/mol. The van der Waals surface area contributed by atoms with Crippen LogP contribution in [0, 0.1) is 0 Å². The van der Waals surface area contributed by atoms with Crippen molar-refractivity contribution >= 4 is 38.3 Å². The molecule has 1 atom stereocenters. The monoisotopic (exact) mass is 278 g/mol. The van der Waals surface area contributed by atoms with E-state index in [-0.39, 0.29) is 11.9 Å². The van der Waals surface area contributed by atoms with Crippen LogP contribution in [0.4, 0.5) is 10.8 Å². The molecule has 0 aliphatic carbocycles. The van der Waals surface area contributed by atoms with Gasteiger partial charge >= 0.3 is 0 Å². The average molecular weight is 278 g/mol. The summed E-state index contributed by atoms with van der Waals surface area (Å²) in [7, 11) is 0. The molecule has 2 aromatic rings. The third kappa shape index (κ3) is 3.35. The van der Waals surface area contributed by atoms with Crippen molar-refractivity contribution in [2.45, 2.75) is 26.3 Å². The number of nitrogens with zero attached hydrogens (tertiary/aromatic N) is 1. The second-order valence-electron chi connectivity index (χ2n) is 4.40. The summed E-state index contributed by atoms with van der Waals surface area (Å²) in [5.41, 5.74) is 7.34. The topological polar surface area (TPSA) is 80.0 Å². The molecule has 2 rings (SSSR count). The molecule has 0 aliphatic heterocycles. The lowest BCUT2D eigenvalue weighted by Gasteiger charge is -2.12. The molecule has 0 saturated carbocycles. The van der Waals surface area contributed by atoms with E-state index in [0.717, 1.165) is 27.5 Å². The summed E-state index contributed by atoms with van der Waals surface area (Å²) in [5, 5.41) is 6.70. The number of nitrogens with one attached hydrogen (secondary N) is 2. The van der Waals surface area contributed by atoms with E-state index in [2.05, 4.69) is 15.6 Å². The van der Waals surface area contributed by atoms with Gasteiger partial charge in [-0.25, -0.2) is 4.98 Å². The lowest BCUT2D eigenvalue weighted by Crippen LogP contribution is -2.37.